The van der Waals surface area contributed by atoms with Crippen LogP contribution in [-0.4, -0.2) is 10.1 Å². The molecule has 2 aromatic rings. The Bertz CT molecular complexity index is 551. The summed E-state index contributed by atoms with van der Waals surface area (Å²) in [6.07, 6.45) is 0. The van der Waals surface area contributed by atoms with Crippen LogP contribution >= 0.6 is 0 Å². The molecule has 0 unspecified atom stereocenters. The summed E-state index contributed by atoms with van der Waals surface area (Å²) in [5.41, 5.74) is 7.45. The van der Waals surface area contributed by atoms with E-state index < -0.39 is 0 Å². The van der Waals surface area contributed by atoms with Crippen LogP contribution in [0.2, 0.25) is 0 Å². The van der Waals surface area contributed by atoms with Crippen molar-refractivity contribution in [1.29, 1.82) is 0 Å². The quantitative estimate of drug-likeness (QED) is 0.908. The molecule has 0 amide bonds. The Kier molecular flexibility index (Phi) is 3.43. The van der Waals surface area contributed by atoms with Crippen LogP contribution in [0.15, 0.2) is 22.7 Å². The molecule has 0 bridgehead atoms. The lowest BCUT2D eigenvalue weighted by Gasteiger charge is -2.09. The van der Waals surface area contributed by atoms with Crippen molar-refractivity contribution >= 4 is 0 Å². The number of hydrogen-bond donors (Lipinski definition) is 1. The van der Waals surface area contributed by atoms with Crippen LogP contribution in [0.1, 0.15) is 31.3 Å². The summed E-state index contributed by atoms with van der Waals surface area (Å²) < 4.78 is 18.2. The number of aryl methyl sites for hydroxylation is 1. The topological polar surface area (TPSA) is 64.9 Å². The standard InChI is InChI=1S/C13H16FN3O/c1-7(2)11(15)13-16-12(17-18-13)10-5-4-9(14)6-8(10)3/h4-7,11H,15H2,1-3H3/t11-/m1/s1. The summed E-state index contributed by atoms with van der Waals surface area (Å²) >= 11 is 0. The first-order valence-corrected chi connectivity index (χ1v) is 5.84. The Morgan fingerprint density at radius 2 is 2.06 bits per heavy atom. The summed E-state index contributed by atoms with van der Waals surface area (Å²) in [5, 5.41) is 3.89. The van der Waals surface area contributed by atoms with Crippen LogP contribution in [0.4, 0.5) is 4.39 Å². The fraction of sp³-hybridized carbons (Fsp3) is 0.385. The molecule has 2 rings (SSSR count). The normalized spacial score (nSPS) is 13.0. The number of halogens is 1. The first kappa shape index (κ1) is 12.7. The van der Waals surface area contributed by atoms with Crippen molar-refractivity contribution in [3.05, 3.63) is 35.5 Å². The summed E-state index contributed by atoms with van der Waals surface area (Å²) in [6, 6.07) is 4.17. The molecule has 5 heteroatoms. The molecule has 1 heterocycles. The third-order valence-electron chi connectivity index (χ3n) is 2.87. The maximum absolute atomic E-state index is 13.0. The Balaban J connectivity index is 2.35. The first-order chi connectivity index (χ1) is 8.49. The van der Waals surface area contributed by atoms with E-state index in [1.807, 2.05) is 13.8 Å². The molecule has 1 atom stereocenters. The number of hydrogen-bond acceptors (Lipinski definition) is 4. The second-order valence-electron chi connectivity index (χ2n) is 4.69. The van der Waals surface area contributed by atoms with Gasteiger partial charge in [-0.25, -0.2) is 4.39 Å². The van der Waals surface area contributed by atoms with Gasteiger partial charge < -0.3 is 10.3 Å². The van der Waals surface area contributed by atoms with E-state index in [0.29, 0.717) is 11.7 Å². The van der Waals surface area contributed by atoms with E-state index in [0.717, 1.165) is 11.1 Å². The number of benzene rings is 1. The molecule has 0 fully saturated rings. The highest BCUT2D eigenvalue weighted by Gasteiger charge is 2.19. The molecule has 0 radical (unpaired) electrons. The second kappa shape index (κ2) is 4.86. The van der Waals surface area contributed by atoms with Gasteiger partial charge in [-0.2, -0.15) is 4.98 Å². The van der Waals surface area contributed by atoms with Crippen LogP contribution in [0.5, 0.6) is 0 Å². The van der Waals surface area contributed by atoms with E-state index >= 15 is 0 Å². The molecule has 1 aromatic heterocycles. The molecule has 0 aliphatic rings. The highest BCUT2D eigenvalue weighted by molar-refractivity contribution is 5.59. The second-order valence-corrected chi connectivity index (χ2v) is 4.69. The lowest BCUT2D eigenvalue weighted by atomic mass is 10.1. The van der Waals surface area contributed by atoms with Gasteiger partial charge in [0.25, 0.3) is 0 Å². The van der Waals surface area contributed by atoms with Crippen molar-refractivity contribution < 1.29 is 8.91 Å². The number of nitrogens with zero attached hydrogens (tertiary/aromatic N) is 2. The fourth-order valence-corrected chi connectivity index (χ4v) is 1.64. The molecule has 18 heavy (non-hydrogen) atoms. The van der Waals surface area contributed by atoms with Gasteiger partial charge >= 0.3 is 0 Å². The van der Waals surface area contributed by atoms with Gasteiger partial charge in [0.1, 0.15) is 5.82 Å². The van der Waals surface area contributed by atoms with Crippen molar-refractivity contribution in [1.82, 2.24) is 10.1 Å². The molecule has 0 saturated carbocycles. The monoisotopic (exact) mass is 249 g/mol. The Morgan fingerprint density at radius 3 is 2.67 bits per heavy atom. The predicted molar refractivity (Wildman–Crippen MR) is 66.2 cm³/mol. The van der Waals surface area contributed by atoms with Crippen LogP contribution in [0, 0.1) is 18.7 Å². The third kappa shape index (κ3) is 2.41. The smallest absolute Gasteiger partial charge is 0.244 e. The Labute approximate surface area is 105 Å². The Morgan fingerprint density at radius 1 is 1.33 bits per heavy atom. The van der Waals surface area contributed by atoms with E-state index in [-0.39, 0.29) is 17.8 Å². The van der Waals surface area contributed by atoms with Gasteiger partial charge in [-0.05, 0) is 36.6 Å². The lowest BCUT2D eigenvalue weighted by Crippen LogP contribution is -2.16. The molecule has 0 spiro atoms. The third-order valence-corrected chi connectivity index (χ3v) is 2.87. The van der Waals surface area contributed by atoms with Crippen molar-refractivity contribution in [2.45, 2.75) is 26.8 Å². The predicted octanol–water partition coefficient (Wildman–Crippen LogP) is 2.84. The van der Waals surface area contributed by atoms with Crippen LogP contribution in [0.3, 0.4) is 0 Å². The lowest BCUT2D eigenvalue weighted by molar-refractivity contribution is 0.325. The van der Waals surface area contributed by atoms with Gasteiger partial charge in [-0.1, -0.05) is 19.0 Å². The maximum Gasteiger partial charge on any atom is 0.244 e. The molecule has 0 saturated heterocycles. The first-order valence-electron chi connectivity index (χ1n) is 5.84. The van der Waals surface area contributed by atoms with Gasteiger partial charge in [0.15, 0.2) is 0 Å². The van der Waals surface area contributed by atoms with Crippen molar-refractivity contribution in [3.8, 4) is 11.4 Å². The molecular weight excluding hydrogens is 233 g/mol. The maximum atomic E-state index is 13.0. The molecule has 0 aliphatic carbocycles. The average molecular weight is 249 g/mol. The van der Waals surface area contributed by atoms with Gasteiger partial charge in [0, 0.05) is 5.56 Å². The summed E-state index contributed by atoms with van der Waals surface area (Å²) in [4.78, 5) is 4.27. The molecule has 4 nitrogen and oxygen atoms in total. The molecule has 1 aromatic carbocycles. The minimum atomic E-state index is -0.285. The SMILES string of the molecule is Cc1cc(F)ccc1-c1noc([C@H](N)C(C)C)n1. The minimum Gasteiger partial charge on any atom is -0.337 e. The van der Waals surface area contributed by atoms with Gasteiger partial charge in [0.05, 0.1) is 6.04 Å². The summed E-state index contributed by atoms with van der Waals surface area (Å²) in [7, 11) is 0. The average Bonchev–Trinajstić information content (AvgIpc) is 2.77. The highest BCUT2D eigenvalue weighted by Crippen LogP contribution is 2.24. The van der Waals surface area contributed by atoms with Crippen LogP contribution < -0.4 is 5.73 Å². The summed E-state index contributed by atoms with van der Waals surface area (Å²) in [5.74, 6) is 0.786. The zero-order chi connectivity index (χ0) is 13.3. The van der Waals surface area contributed by atoms with Crippen molar-refractivity contribution in [3.63, 3.8) is 0 Å². The largest absolute Gasteiger partial charge is 0.337 e. The van der Waals surface area contributed by atoms with E-state index in [1.54, 1.807) is 13.0 Å². The molecule has 96 valence electrons. The molecule has 2 N–H and O–H groups in total. The van der Waals surface area contributed by atoms with Crippen LogP contribution in [0.25, 0.3) is 11.4 Å². The van der Waals surface area contributed by atoms with E-state index in [4.69, 9.17) is 10.3 Å². The van der Waals surface area contributed by atoms with Gasteiger partial charge in [-0.15, -0.1) is 0 Å². The van der Waals surface area contributed by atoms with Crippen molar-refractivity contribution in [2.75, 3.05) is 0 Å². The van der Waals surface area contributed by atoms with E-state index in [2.05, 4.69) is 10.1 Å². The van der Waals surface area contributed by atoms with E-state index in [9.17, 15) is 4.39 Å². The van der Waals surface area contributed by atoms with Crippen molar-refractivity contribution in [2.24, 2.45) is 11.7 Å². The van der Waals surface area contributed by atoms with Gasteiger partial charge in [-0.3, -0.25) is 0 Å². The minimum absolute atomic E-state index is 0.215. The molecular formula is C13H16FN3O. The summed E-state index contributed by atoms with van der Waals surface area (Å²) in [6.45, 7) is 5.77. The number of aromatic nitrogens is 2. The van der Waals surface area contributed by atoms with Gasteiger partial charge in [0.2, 0.25) is 11.7 Å². The number of nitrogens with two attached hydrogens (primary N) is 1. The Hall–Kier alpha value is -1.75. The van der Waals surface area contributed by atoms with E-state index in [1.165, 1.54) is 12.1 Å². The zero-order valence-electron chi connectivity index (χ0n) is 10.6. The van der Waals surface area contributed by atoms with Crippen LogP contribution in [-0.2, 0) is 0 Å². The fourth-order valence-electron chi connectivity index (χ4n) is 1.64. The number of rotatable bonds is 3. The highest BCUT2D eigenvalue weighted by atomic mass is 19.1. The zero-order valence-corrected chi connectivity index (χ0v) is 10.6. The molecule has 0 aliphatic heterocycles.